The van der Waals surface area contributed by atoms with Crippen molar-refractivity contribution in [3.05, 3.63) is 29.8 Å². The molecule has 1 aliphatic rings. The maximum absolute atomic E-state index is 12.0. The van der Waals surface area contributed by atoms with Gasteiger partial charge in [-0.05, 0) is 49.3 Å². The molecule has 0 aromatic heterocycles. The smallest absolute Gasteiger partial charge is 0.225 e. The minimum atomic E-state index is -0.461. The van der Waals surface area contributed by atoms with E-state index in [1.807, 2.05) is 24.3 Å². The molecular formula is C18H27NO3. The summed E-state index contributed by atoms with van der Waals surface area (Å²) in [5.74, 6) is 1.17. The number of aliphatic hydroxyl groups excluding tert-OH is 1. The van der Waals surface area contributed by atoms with Crippen LogP contribution in [0.25, 0.3) is 0 Å². The lowest BCUT2D eigenvalue weighted by atomic mass is 10.1. The van der Waals surface area contributed by atoms with Gasteiger partial charge in [0.15, 0.2) is 0 Å². The van der Waals surface area contributed by atoms with E-state index in [0.717, 1.165) is 38.0 Å². The Balaban J connectivity index is 1.71. The summed E-state index contributed by atoms with van der Waals surface area (Å²) in [6.07, 6.45) is 2.82. The van der Waals surface area contributed by atoms with Gasteiger partial charge in [-0.2, -0.15) is 0 Å². The normalized spacial score (nSPS) is 21.1. The Hall–Kier alpha value is -1.55. The second-order valence-electron chi connectivity index (χ2n) is 6.49. The summed E-state index contributed by atoms with van der Waals surface area (Å²) >= 11 is 0. The van der Waals surface area contributed by atoms with Crippen LogP contribution in [0.15, 0.2) is 24.3 Å². The molecule has 1 amide bonds. The summed E-state index contributed by atoms with van der Waals surface area (Å²) in [4.78, 5) is 12.0. The second-order valence-corrected chi connectivity index (χ2v) is 6.49. The van der Waals surface area contributed by atoms with E-state index in [1.165, 1.54) is 5.56 Å². The average molecular weight is 305 g/mol. The Morgan fingerprint density at radius 3 is 2.64 bits per heavy atom. The van der Waals surface area contributed by atoms with Crippen LogP contribution in [0, 0.1) is 11.8 Å². The quantitative estimate of drug-likeness (QED) is 0.814. The number of aliphatic hydroxyl groups is 1. The van der Waals surface area contributed by atoms with Crippen molar-refractivity contribution in [1.29, 1.82) is 0 Å². The van der Waals surface area contributed by atoms with Gasteiger partial charge in [-0.1, -0.05) is 26.0 Å². The van der Waals surface area contributed by atoms with Crippen LogP contribution in [0.1, 0.15) is 38.7 Å². The van der Waals surface area contributed by atoms with Crippen molar-refractivity contribution in [3.8, 4) is 5.75 Å². The van der Waals surface area contributed by atoms with Gasteiger partial charge in [0.05, 0.1) is 18.6 Å². The number of carbonyl (C=O) groups is 1. The zero-order valence-corrected chi connectivity index (χ0v) is 13.5. The van der Waals surface area contributed by atoms with Crippen LogP contribution in [0.5, 0.6) is 5.75 Å². The lowest BCUT2D eigenvalue weighted by molar-refractivity contribution is -0.127. The minimum Gasteiger partial charge on any atom is -0.493 e. The highest BCUT2D eigenvalue weighted by atomic mass is 16.5. The highest BCUT2D eigenvalue weighted by Gasteiger charge is 2.30. The molecule has 0 aliphatic heterocycles. The van der Waals surface area contributed by atoms with E-state index in [4.69, 9.17) is 4.74 Å². The monoisotopic (exact) mass is 305 g/mol. The molecule has 0 saturated heterocycles. The Morgan fingerprint density at radius 2 is 2.05 bits per heavy atom. The molecule has 1 aliphatic carbocycles. The molecule has 1 fully saturated rings. The molecule has 4 nitrogen and oxygen atoms in total. The van der Waals surface area contributed by atoms with Crippen LogP contribution >= 0.6 is 0 Å². The molecule has 0 radical (unpaired) electrons. The first-order valence-electron chi connectivity index (χ1n) is 8.24. The summed E-state index contributed by atoms with van der Waals surface area (Å²) in [6, 6.07) is 8.01. The molecule has 2 N–H and O–H groups in total. The first-order valence-corrected chi connectivity index (χ1v) is 8.24. The maximum Gasteiger partial charge on any atom is 0.225 e. The Morgan fingerprint density at radius 1 is 1.32 bits per heavy atom. The molecule has 2 rings (SSSR count). The van der Waals surface area contributed by atoms with Crippen LogP contribution in [0.2, 0.25) is 0 Å². The van der Waals surface area contributed by atoms with Crippen LogP contribution in [0.3, 0.4) is 0 Å². The first kappa shape index (κ1) is 16.8. The molecule has 1 aromatic rings. The number of hydrogen-bond acceptors (Lipinski definition) is 3. The fourth-order valence-electron chi connectivity index (χ4n) is 2.72. The summed E-state index contributed by atoms with van der Waals surface area (Å²) < 4.78 is 5.65. The van der Waals surface area contributed by atoms with Gasteiger partial charge >= 0.3 is 0 Å². The van der Waals surface area contributed by atoms with Crippen LogP contribution in [0.4, 0.5) is 0 Å². The third-order valence-corrected chi connectivity index (χ3v) is 4.04. The minimum absolute atomic E-state index is 0.0121. The highest BCUT2D eigenvalue weighted by molar-refractivity contribution is 5.79. The Kier molecular flexibility index (Phi) is 6.25. The second kappa shape index (κ2) is 8.18. The standard InChI is InChI=1S/C18H27NO3/c1-13(2)12-22-15-8-6-14(7-9-15)10-11-19-18(21)16-4-3-5-17(16)20/h6-9,13,16-17,20H,3-5,10-12H2,1-2H3,(H,19,21). The summed E-state index contributed by atoms with van der Waals surface area (Å²) in [5.41, 5.74) is 1.17. The van der Waals surface area contributed by atoms with E-state index in [0.29, 0.717) is 12.5 Å². The van der Waals surface area contributed by atoms with Crippen molar-refractivity contribution in [2.75, 3.05) is 13.2 Å². The molecule has 2 unspecified atom stereocenters. The summed E-state index contributed by atoms with van der Waals surface area (Å²) in [7, 11) is 0. The fourth-order valence-corrected chi connectivity index (χ4v) is 2.72. The molecule has 0 bridgehead atoms. The zero-order valence-electron chi connectivity index (χ0n) is 13.5. The largest absolute Gasteiger partial charge is 0.493 e. The van der Waals surface area contributed by atoms with Crippen LogP contribution in [-0.2, 0) is 11.2 Å². The molecular weight excluding hydrogens is 278 g/mol. The third-order valence-electron chi connectivity index (χ3n) is 4.04. The van der Waals surface area contributed by atoms with E-state index >= 15 is 0 Å². The number of ether oxygens (including phenoxy) is 1. The van der Waals surface area contributed by atoms with Gasteiger partial charge in [-0.25, -0.2) is 0 Å². The van der Waals surface area contributed by atoms with Gasteiger partial charge < -0.3 is 15.2 Å². The number of amides is 1. The van der Waals surface area contributed by atoms with Crippen LogP contribution < -0.4 is 10.1 Å². The van der Waals surface area contributed by atoms with E-state index < -0.39 is 6.10 Å². The molecule has 122 valence electrons. The molecule has 4 heteroatoms. The molecule has 2 atom stereocenters. The number of nitrogens with one attached hydrogen (secondary N) is 1. The predicted octanol–water partition coefficient (Wildman–Crippen LogP) is 2.54. The highest BCUT2D eigenvalue weighted by Crippen LogP contribution is 2.25. The lowest BCUT2D eigenvalue weighted by Crippen LogP contribution is -2.35. The SMILES string of the molecule is CC(C)COc1ccc(CCNC(=O)C2CCCC2O)cc1. The third kappa shape index (κ3) is 5.02. The van der Waals surface area contributed by atoms with Crippen molar-refractivity contribution in [2.45, 2.75) is 45.6 Å². The van der Waals surface area contributed by atoms with E-state index in [2.05, 4.69) is 19.2 Å². The molecule has 1 saturated carbocycles. The topological polar surface area (TPSA) is 58.6 Å². The molecule has 1 aromatic carbocycles. The van der Waals surface area contributed by atoms with Crippen LogP contribution in [-0.4, -0.2) is 30.3 Å². The van der Waals surface area contributed by atoms with Gasteiger partial charge in [-0.3, -0.25) is 4.79 Å². The summed E-state index contributed by atoms with van der Waals surface area (Å²) in [5, 5.41) is 12.6. The van der Waals surface area contributed by atoms with Crippen molar-refractivity contribution < 1.29 is 14.6 Å². The van der Waals surface area contributed by atoms with Gasteiger partial charge in [-0.15, -0.1) is 0 Å². The lowest BCUT2D eigenvalue weighted by Gasteiger charge is -2.14. The van der Waals surface area contributed by atoms with Crippen molar-refractivity contribution in [1.82, 2.24) is 5.32 Å². The van der Waals surface area contributed by atoms with E-state index in [9.17, 15) is 9.90 Å². The van der Waals surface area contributed by atoms with Gasteiger partial charge in [0.2, 0.25) is 5.91 Å². The number of rotatable bonds is 7. The first-order chi connectivity index (χ1) is 10.6. The zero-order chi connectivity index (χ0) is 15.9. The number of carbonyl (C=O) groups excluding carboxylic acids is 1. The van der Waals surface area contributed by atoms with Crippen molar-refractivity contribution in [2.24, 2.45) is 11.8 Å². The average Bonchev–Trinajstić information content (AvgIpc) is 2.92. The predicted molar refractivity (Wildman–Crippen MR) is 86.8 cm³/mol. The molecule has 0 heterocycles. The van der Waals surface area contributed by atoms with Gasteiger partial charge in [0.25, 0.3) is 0 Å². The van der Waals surface area contributed by atoms with E-state index in [1.54, 1.807) is 0 Å². The van der Waals surface area contributed by atoms with Gasteiger partial charge in [0, 0.05) is 6.54 Å². The fraction of sp³-hybridized carbons (Fsp3) is 0.611. The number of benzene rings is 1. The van der Waals surface area contributed by atoms with Crippen molar-refractivity contribution >= 4 is 5.91 Å². The Labute approximate surface area is 132 Å². The maximum atomic E-state index is 12.0. The Bertz CT molecular complexity index is 470. The van der Waals surface area contributed by atoms with Crippen molar-refractivity contribution in [3.63, 3.8) is 0 Å². The molecule has 22 heavy (non-hydrogen) atoms. The van der Waals surface area contributed by atoms with E-state index in [-0.39, 0.29) is 11.8 Å². The summed E-state index contributed by atoms with van der Waals surface area (Å²) in [6.45, 7) is 5.57. The van der Waals surface area contributed by atoms with Gasteiger partial charge in [0.1, 0.15) is 5.75 Å². The molecule has 0 spiro atoms. The number of hydrogen-bond donors (Lipinski definition) is 2.